The SMILES string of the molecule is Cc1ccc(C(C)NC(=O)c2cc(Cl)ccc2NN)o1. The minimum Gasteiger partial charge on any atom is -0.464 e. The maximum absolute atomic E-state index is 12.3. The third-order valence-electron chi connectivity index (χ3n) is 2.92. The highest BCUT2D eigenvalue weighted by atomic mass is 35.5. The molecule has 20 heavy (non-hydrogen) atoms. The average Bonchev–Trinajstić information content (AvgIpc) is 2.85. The average molecular weight is 294 g/mol. The summed E-state index contributed by atoms with van der Waals surface area (Å²) in [6.45, 7) is 3.70. The van der Waals surface area contributed by atoms with E-state index in [0.717, 1.165) is 5.76 Å². The standard InChI is InChI=1S/C14H16ClN3O2/c1-8-3-6-13(20-8)9(2)17-14(19)11-7-10(15)4-5-12(11)18-16/h3-7,9,18H,16H2,1-2H3,(H,17,19). The number of anilines is 1. The van der Waals surface area contributed by atoms with E-state index in [-0.39, 0.29) is 11.9 Å². The second-order valence-electron chi connectivity index (χ2n) is 4.48. The molecular formula is C14H16ClN3O2. The van der Waals surface area contributed by atoms with Gasteiger partial charge in [-0.05, 0) is 44.2 Å². The zero-order valence-electron chi connectivity index (χ0n) is 11.2. The molecule has 0 saturated heterocycles. The second kappa shape index (κ2) is 5.98. The number of nitrogens with two attached hydrogens (primary N) is 1. The number of furan rings is 1. The zero-order chi connectivity index (χ0) is 14.7. The first kappa shape index (κ1) is 14.4. The fourth-order valence-electron chi connectivity index (χ4n) is 1.86. The summed E-state index contributed by atoms with van der Waals surface area (Å²) in [6, 6.07) is 8.31. The van der Waals surface area contributed by atoms with Gasteiger partial charge in [0.05, 0.1) is 17.3 Å². The van der Waals surface area contributed by atoms with Crippen LogP contribution in [0.3, 0.4) is 0 Å². The molecule has 4 N–H and O–H groups in total. The molecule has 0 bridgehead atoms. The number of nitrogen functional groups attached to an aromatic ring is 1. The molecule has 2 rings (SSSR count). The van der Waals surface area contributed by atoms with Gasteiger partial charge in [-0.25, -0.2) is 0 Å². The first-order chi connectivity index (χ1) is 9.51. The van der Waals surface area contributed by atoms with Crippen molar-refractivity contribution in [2.24, 2.45) is 5.84 Å². The van der Waals surface area contributed by atoms with E-state index < -0.39 is 0 Å². The van der Waals surface area contributed by atoms with Crippen molar-refractivity contribution in [3.63, 3.8) is 0 Å². The van der Waals surface area contributed by atoms with E-state index in [4.69, 9.17) is 21.9 Å². The first-order valence-electron chi connectivity index (χ1n) is 6.14. The van der Waals surface area contributed by atoms with Gasteiger partial charge in [0, 0.05) is 5.02 Å². The lowest BCUT2D eigenvalue weighted by atomic mass is 10.1. The topological polar surface area (TPSA) is 80.3 Å². The Labute approximate surface area is 122 Å². The Morgan fingerprint density at radius 2 is 2.10 bits per heavy atom. The predicted molar refractivity (Wildman–Crippen MR) is 78.6 cm³/mol. The van der Waals surface area contributed by atoms with Gasteiger partial charge < -0.3 is 15.2 Å². The highest BCUT2D eigenvalue weighted by molar-refractivity contribution is 6.31. The van der Waals surface area contributed by atoms with Crippen LogP contribution in [0, 0.1) is 6.92 Å². The maximum Gasteiger partial charge on any atom is 0.254 e. The number of carbonyl (C=O) groups is 1. The molecule has 0 fully saturated rings. The van der Waals surface area contributed by atoms with Crippen LogP contribution in [0.2, 0.25) is 5.02 Å². The number of amides is 1. The van der Waals surface area contributed by atoms with Gasteiger partial charge in [0.15, 0.2) is 0 Å². The minimum atomic E-state index is -0.276. The molecule has 1 aromatic heterocycles. The molecule has 0 radical (unpaired) electrons. The van der Waals surface area contributed by atoms with Crippen LogP contribution in [0.4, 0.5) is 5.69 Å². The van der Waals surface area contributed by atoms with Crippen LogP contribution in [0.25, 0.3) is 0 Å². The highest BCUT2D eigenvalue weighted by Crippen LogP contribution is 2.22. The Hall–Kier alpha value is -1.98. The number of rotatable bonds is 4. The Balaban J connectivity index is 2.18. The van der Waals surface area contributed by atoms with E-state index in [1.807, 2.05) is 26.0 Å². The van der Waals surface area contributed by atoms with Gasteiger partial charge >= 0.3 is 0 Å². The van der Waals surface area contributed by atoms with Crippen LogP contribution < -0.4 is 16.6 Å². The summed E-state index contributed by atoms with van der Waals surface area (Å²) in [5.74, 6) is 6.61. The van der Waals surface area contributed by atoms with Crippen molar-refractivity contribution >= 4 is 23.2 Å². The number of hydrogen-bond acceptors (Lipinski definition) is 4. The quantitative estimate of drug-likeness (QED) is 0.598. The number of halogens is 1. The van der Waals surface area contributed by atoms with Crippen LogP contribution in [0.15, 0.2) is 34.7 Å². The lowest BCUT2D eigenvalue weighted by Gasteiger charge is -2.14. The van der Waals surface area contributed by atoms with Crippen molar-refractivity contribution in [1.29, 1.82) is 0 Å². The smallest absolute Gasteiger partial charge is 0.254 e. The molecule has 106 valence electrons. The summed E-state index contributed by atoms with van der Waals surface area (Å²) in [4.78, 5) is 12.3. The molecule has 1 heterocycles. The van der Waals surface area contributed by atoms with Crippen LogP contribution in [-0.4, -0.2) is 5.91 Å². The maximum atomic E-state index is 12.3. The van der Waals surface area contributed by atoms with Crippen molar-refractivity contribution < 1.29 is 9.21 Å². The first-order valence-corrected chi connectivity index (χ1v) is 6.52. The monoisotopic (exact) mass is 293 g/mol. The summed E-state index contributed by atoms with van der Waals surface area (Å²) >= 11 is 5.91. The molecule has 0 aliphatic heterocycles. The van der Waals surface area contributed by atoms with E-state index in [1.165, 1.54) is 0 Å². The largest absolute Gasteiger partial charge is 0.464 e. The normalized spacial score (nSPS) is 12.0. The Bertz CT molecular complexity index is 625. The molecule has 1 amide bonds. The van der Waals surface area contributed by atoms with E-state index in [0.29, 0.717) is 22.0 Å². The van der Waals surface area contributed by atoms with Crippen LogP contribution in [0.5, 0.6) is 0 Å². The molecule has 0 saturated carbocycles. The highest BCUT2D eigenvalue weighted by Gasteiger charge is 2.17. The van der Waals surface area contributed by atoms with E-state index >= 15 is 0 Å². The van der Waals surface area contributed by atoms with Crippen molar-refractivity contribution in [2.75, 3.05) is 5.43 Å². The molecular weight excluding hydrogens is 278 g/mol. The van der Waals surface area contributed by atoms with Crippen molar-refractivity contribution in [3.8, 4) is 0 Å². The lowest BCUT2D eigenvalue weighted by molar-refractivity contribution is 0.0936. The molecule has 1 unspecified atom stereocenters. The Morgan fingerprint density at radius 3 is 2.70 bits per heavy atom. The van der Waals surface area contributed by atoms with Gasteiger partial charge in [0.2, 0.25) is 0 Å². The van der Waals surface area contributed by atoms with Crippen LogP contribution in [0.1, 0.15) is 34.8 Å². The third-order valence-corrected chi connectivity index (χ3v) is 3.15. The number of nitrogens with one attached hydrogen (secondary N) is 2. The van der Waals surface area contributed by atoms with E-state index in [9.17, 15) is 4.79 Å². The van der Waals surface area contributed by atoms with Gasteiger partial charge in [-0.2, -0.15) is 0 Å². The van der Waals surface area contributed by atoms with Gasteiger partial charge in [0.1, 0.15) is 11.5 Å². The molecule has 0 aliphatic carbocycles. The fourth-order valence-corrected chi connectivity index (χ4v) is 2.03. The Morgan fingerprint density at radius 1 is 1.35 bits per heavy atom. The third kappa shape index (κ3) is 3.12. The predicted octanol–water partition coefficient (Wildman–Crippen LogP) is 3.02. The summed E-state index contributed by atoms with van der Waals surface area (Å²) in [5.41, 5.74) is 3.37. The second-order valence-corrected chi connectivity index (χ2v) is 4.91. The fraction of sp³-hybridized carbons (Fsp3) is 0.214. The Kier molecular flexibility index (Phi) is 4.32. The van der Waals surface area contributed by atoms with E-state index in [2.05, 4.69) is 10.7 Å². The lowest BCUT2D eigenvalue weighted by Crippen LogP contribution is -2.27. The molecule has 0 aliphatic rings. The van der Waals surface area contributed by atoms with Crippen molar-refractivity contribution in [3.05, 3.63) is 52.4 Å². The van der Waals surface area contributed by atoms with Crippen molar-refractivity contribution in [1.82, 2.24) is 5.32 Å². The molecule has 1 atom stereocenters. The van der Waals surface area contributed by atoms with Crippen LogP contribution in [-0.2, 0) is 0 Å². The number of carbonyl (C=O) groups excluding carboxylic acids is 1. The van der Waals surface area contributed by atoms with Gasteiger partial charge in [-0.1, -0.05) is 11.6 Å². The number of benzene rings is 1. The zero-order valence-corrected chi connectivity index (χ0v) is 12.0. The van der Waals surface area contributed by atoms with Crippen LogP contribution >= 0.6 is 11.6 Å². The van der Waals surface area contributed by atoms with Gasteiger partial charge in [-0.15, -0.1) is 0 Å². The number of hydrogen-bond donors (Lipinski definition) is 3. The van der Waals surface area contributed by atoms with Crippen molar-refractivity contribution in [2.45, 2.75) is 19.9 Å². The van der Waals surface area contributed by atoms with Gasteiger partial charge in [-0.3, -0.25) is 10.6 Å². The molecule has 6 heteroatoms. The minimum absolute atomic E-state index is 0.249. The molecule has 2 aromatic rings. The van der Waals surface area contributed by atoms with Gasteiger partial charge in [0.25, 0.3) is 5.91 Å². The van der Waals surface area contributed by atoms with E-state index in [1.54, 1.807) is 18.2 Å². The summed E-state index contributed by atoms with van der Waals surface area (Å²) < 4.78 is 5.48. The number of aryl methyl sites for hydroxylation is 1. The molecule has 5 nitrogen and oxygen atoms in total. The molecule has 1 aromatic carbocycles. The summed E-state index contributed by atoms with van der Waals surface area (Å²) in [7, 11) is 0. The number of hydrazine groups is 1. The molecule has 0 spiro atoms. The summed E-state index contributed by atoms with van der Waals surface area (Å²) in [6.07, 6.45) is 0. The summed E-state index contributed by atoms with van der Waals surface area (Å²) in [5, 5.41) is 3.31.